The zero-order valence-corrected chi connectivity index (χ0v) is 11.1. The highest BCUT2D eigenvalue weighted by atomic mass is 19.1. The van der Waals surface area contributed by atoms with Gasteiger partial charge in [0.15, 0.2) is 0 Å². The monoisotopic (exact) mass is 259 g/mol. The van der Waals surface area contributed by atoms with E-state index in [1.54, 1.807) is 12.1 Å². The molecule has 0 amide bonds. The second-order valence-corrected chi connectivity index (χ2v) is 5.56. The highest BCUT2D eigenvalue weighted by Crippen LogP contribution is 2.31. The molecule has 2 unspecified atom stereocenters. The van der Waals surface area contributed by atoms with Crippen molar-refractivity contribution in [3.8, 4) is 6.07 Å². The van der Waals surface area contributed by atoms with Crippen LogP contribution in [0.3, 0.4) is 0 Å². The Morgan fingerprint density at radius 1 is 1.26 bits per heavy atom. The molecule has 0 spiro atoms. The van der Waals surface area contributed by atoms with E-state index in [9.17, 15) is 4.39 Å². The minimum absolute atomic E-state index is 0.278. The summed E-state index contributed by atoms with van der Waals surface area (Å²) in [7, 11) is 2.18. The van der Waals surface area contributed by atoms with E-state index in [2.05, 4.69) is 16.8 Å². The minimum atomic E-state index is -0.278. The van der Waals surface area contributed by atoms with E-state index in [1.165, 1.54) is 18.9 Å². The number of anilines is 1. The fourth-order valence-electron chi connectivity index (χ4n) is 3.36. The van der Waals surface area contributed by atoms with Crippen LogP contribution in [-0.2, 0) is 0 Å². The number of nitrogens with zero attached hydrogens (tertiary/aromatic N) is 3. The van der Waals surface area contributed by atoms with Crippen molar-refractivity contribution >= 4 is 5.69 Å². The van der Waals surface area contributed by atoms with Crippen molar-refractivity contribution in [1.82, 2.24) is 4.90 Å². The van der Waals surface area contributed by atoms with Gasteiger partial charge >= 0.3 is 0 Å². The van der Waals surface area contributed by atoms with Crippen molar-refractivity contribution in [3.63, 3.8) is 0 Å². The van der Waals surface area contributed by atoms with E-state index in [0.29, 0.717) is 23.3 Å². The molecule has 4 heteroatoms. The van der Waals surface area contributed by atoms with Gasteiger partial charge in [0.2, 0.25) is 0 Å². The summed E-state index contributed by atoms with van der Waals surface area (Å²) in [6, 6.07) is 7.94. The van der Waals surface area contributed by atoms with Crippen LogP contribution in [0.1, 0.15) is 24.8 Å². The summed E-state index contributed by atoms with van der Waals surface area (Å²) < 4.78 is 14.1. The van der Waals surface area contributed by atoms with Crippen LogP contribution < -0.4 is 4.90 Å². The molecule has 0 aromatic heterocycles. The maximum absolute atomic E-state index is 14.1. The predicted octanol–water partition coefficient (Wildman–Crippen LogP) is 2.37. The standard InChI is InChI=1S/C15H18FN3/c1-18-12-3-4-13(18)10-19(7-6-12)15-5-2-11(9-17)8-14(15)16/h2,5,8,12-13H,3-4,6-7,10H2,1H3. The zero-order valence-electron chi connectivity index (χ0n) is 11.1. The highest BCUT2D eigenvalue weighted by molar-refractivity contribution is 5.51. The Morgan fingerprint density at radius 2 is 2.05 bits per heavy atom. The molecule has 3 rings (SSSR count). The van der Waals surface area contributed by atoms with Crippen LogP contribution in [0.25, 0.3) is 0 Å². The van der Waals surface area contributed by atoms with E-state index in [4.69, 9.17) is 5.26 Å². The van der Waals surface area contributed by atoms with Crippen LogP contribution in [0.2, 0.25) is 0 Å². The summed E-state index contributed by atoms with van der Waals surface area (Å²) in [6.45, 7) is 1.78. The van der Waals surface area contributed by atoms with Crippen LogP contribution in [0, 0.1) is 17.1 Å². The highest BCUT2D eigenvalue weighted by Gasteiger charge is 2.35. The third kappa shape index (κ3) is 2.19. The lowest BCUT2D eigenvalue weighted by Crippen LogP contribution is -2.36. The average Bonchev–Trinajstić information content (AvgIpc) is 2.64. The molecule has 2 saturated heterocycles. The van der Waals surface area contributed by atoms with Gasteiger partial charge in [0, 0.05) is 25.2 Å². The second-order valence-electron chi connectivity index (χ2n) is 5.56. The molecule has 2 fully saturated rings. The van der Waals surface area contributed by atoms with Crippen LogP contribution in [0.4, 0.5) is 10.1 Å². The number of hydrogen-bond acceptors (Lipinski definition) is 3. The number of rotatable bonds is 1. The van der Waals surface area contributed by atoms with Crippen LogP contribution in [-0.4, -0.2) is 37.1 Å². The third-order valence-electron chi connectivity index (χ3n) is 4.57. The number of benzene rings is 1. The summed E-state index contributed by atoms with van der Waals surface area (Å²) in [5.74, 6) is -0.278. The maximum Gasteiger partial charge on any atom is 0.147 e. The first-order chi connectivity index (χ1) is 9.19. The van der Waals surface area contributed by atoms with E-state index in [1.807, 2.05) is 6.07 Å². The molecule has 0 aliphatic carbocycles. The van der Waals surface area contributed by atoms with Gasteiger partial charge in [0.1, 0.15) is 5.82 Å². The molecule has 2 atom stereocenters. The Kier molecular flexibility index (Phi) is 3.16. The molecule has 3 nitrogen and oxygen atoms in total. The lowest BCUT2D eigenvalue weighted by molar-refractivity contribution is 0.254. The van der Waals surface area contributed by atoms with E-state index in [0.717, 1.165) is 19.5 Å². The summed E-state index contributed by atoms with van der Waals surface area (Å²) >= 11 is 0. The van der Waals surface area contributed by atoms with Crippen molar-refractivity contribution in [2.45, 2.75) is 31.3 Å². The number of fused-ring (bicyclic) bond motifs is 2. The SMILES string of the molecule is CN1C2CCC1CN(c1ccc(C#N)cc1F)CC2. The average molecular weight is 259 g/mol. The van der Waals surface area contributed by atoms with Crippen molar-refractivity contribution in [1.29, 1.82) is 5.26 Å². The van der Waals surface area contributed by atoms with Gasteiger partial charge in [-0.15, -0.1) is 0 Å². The smallest absolute Gasteiger partial charge is 0.147 e. The van der Waals surface area contributed by atoms with Crippen molar-refractivity contribution < 1.29 is 4.39 Å². The molecule has 0 N–H and O–H groups in total. The van der Waals surface area contributed by atoms with Crippen LogP contribution in [0.15, 0.2) is 18.2 Å². The van der Waals surface area contributed by atoms with Crippen molar-refractivity contribution in [2.75, 3.05) is 25.0 Å². The van der Waals surface area contributed by atoms with Gasteiger partial charge in [-0.3, -0.25) is 4.90 Å². The number of nitriles is 1. The predicted molar refractivity (Wildman–Crippen MR) is 72.5 cm³/mol. The summed E-state index contributed by atoms with van der Waals surface area (Å²) in [4.78, 5) is 4.58. The molecule has 1 aromatic carbocycles. The molecule has 1 aromatic rings. The fourth-order valence-corrected chi connectivity index (χ4v) is 3.36. The zero-order chi connectivity index (χ0) is 13.4. The molecule has 0 radical (unpaired) electrons. The Bertz CT molecular complexity index is 523. The molecule has 2 bridgehead atoms. The van der Waals surface area contributed by atoms with Gasteiger partial charge in [-0.05, 0) is 44.5 Å². The molecular weight excluding hydrogens is 241 g/mol. The summed E-state index contributed by atoms with van der Waals surface area (Å²) in [5.41, 5.74) is 1.02. The number of likely N-dealkylation sites (N-methyl/N-ethyl adjacent to an activating group) is 1. The summed E-state index contributed by atoms with van der Waals surface area (Å²) in [6.07, 6.45) is 3.56. The van der Waals surface area contributed by atoms with E-state index in [-0.39, 0.29) is 5.82 Å². The Hall–Kier alpha value is -1.60. The Morgan fingerprint density at radius 3 is 2.79 bits per heavy atom. The van der Waals surface area contributed by atoms with Crippen LogP contribution in [0.5, 0.6) is 0 Å². The van der Waals surface area contributed by atoms with Gasteiger partial charge < -0.3 is 4.90 Å². The lowest BCUT2D eigenvalue weighted by Gasteiger charge is -2.27. The van der Waals surface area contributed by atoms with Crippen molar-refractivity contribution in [3.05, 3.63) is 29.6 Å². The Balaban J connectivity index is 1.85. The first-order valence-corrected chi connectivity index (χ1v) is 6.85. The normalized spacial score (nSPS) is 27.1. The van der Waals surface area contributed by atoms with Crippen LogP contribution >= 0.6 is 0 Å². The Labute approximate surface area is 113 Å². The van der Waals surface area contributed by atoms with E-state index < -0.39 is 0 Å². The second kappa shape index (κ2) is 4.82. The topological polar surface area (TPSA) is 30.3 Å². The van der Waals surface area contributed by atoms with Gasteiger partial charge in [-0.25, -0.2) is 4.39 Å². The quantitative estimate of drug-likeness (QED) is 0.775. The first-order valence-electron chi connectivity index (χ1n) is 6.85. The number of hydrogen-bond donors (Lipinski definition) is 0. The van der Waals surface area contributed by atoms with Gasteiger partial charge in [0.05, 0.1) is 17.3 Å². The molecule has 2 aliphatic rings. The van der Waals surface area contributed by atoms with Crippen molar-refractivity contribution in [2.24, 2.45) is 0 Å². The van der Waals surface area contributed by atoms with Gasteiger partial charge in [0.25, 0.3) is 0 Å². The summed E-state index contributed by atoms with van der Waals surface area (Å²) in [5, 5.41) is 8.79. The molecular formula is C15H18FN3. The molecule has 2 aliphatic heterocycles. The minimum Gasteiger partial charge on any atom is -0.368 e. The molecule has 100 valence electrons. The van der Waals surface area contributed by atoms with Gasteiger partial charge in [-0.2, -0.15) is 5.26 Å². The molecule has 0 saturated carbocycles. The lowest BCUT2D eigenvalue weighted by atomic mass is 10.1. The largest absolute Gasteiger partial charge is 0.368 e. The first kappa shape index (κ1) is 12.4. The molecule has 19 heavy (non-hydrogen) atoms. The maximum atomic E-state index is 14.1. The number of halogens is 1. The fraction of sp³-hybridized carbons (Fsp3) is 0.533. The van der Waals surface area contributed by atoms with E-state index >= 15 is 0 Å². The molecule has 2 heterocycles. The van der Waals surface area contributed by atoms with Gasteiger partial charge in [-0.1, -0.05) is 0 Å². The third-order valence-corrected chi connectivity index (χ3v) is 4.57.